The minimum Gasteiger partial charge on any atom is -0.380 e. The zero-order chi connectivity index (χ0) is 14.5. The average molecular weight is 305 g/mol. The van der Waals surface area contributed by atoms with Crippen LogP contribution in [0.4, 0.5) is 4.39 Å². The molecule has 1 aromatic carbocycles. The van der Waals surface area contributed by atoms with Crippen LogP contribution in [-0.4, -0.2) is 19.8 Å². The van der Waals surface area contributed by atoms with Crippen molar-refractivity contribution in [2.75, 3.05) is 19.8 Å². The first-order valence-corrected chi connectivity index (χ1v) is 8.26. The molecule has 1 aliphatic carbocycles. The quantitative estimate of drug-likeness (QED) is 0.742. The molecule has 0 aliphatic heterocycles. The number of hydrogen-bond donors (Lipinski definition) is 1. The van der Waals surface area contributed by atoms with E-state index in [4.69, 9.17) is 4.74 Å². The van der Waals surface area contributed by atoms with E-state index in [0.29, 0.717) is 5.56 Å². The molecule has 0 radical (unpaired) electrons. The molecule has 1 N–H and O–H groups in total. The average Bonchev–Trinajstić information content (AvgIpc) is 3.20. The number of ether oxygens (including phenoxy) is 1. The summed E-state index contributed by atoms with van der Waals surface area (Å²) in [5, 5.41) is 3.37. The van der Waals surface area contributed by atoms with Crippen molar-refractivity contribution in [1.29, 1.82) is 0 Å². The number of thiophene rings is 1. The molecule has 4 heteroatoms. The lowest BCUT2D eigenvalue weighted by Crippen LogP contribution is -2.19. The van der Waals surface area contributed by atoms with Crippen LogP contribution in [-0.2, 0) is 11.3 Å². The van der Waals surface area contributed by atoms with Crippen molar-refractivity contribution < 1.29 is 9.13 Å². The first kappa shape index (κ1) is 14.7. The molecule has 2 aromatic rings. The van der Waals surface area contributed by atoms with E-state index in [1.807, 2.05) is 18.2 Å². The van der Waals surface area contributed by atoms with E-state index < -0.39 is 0 Å². The van der Waals surface area contributed by atoms with Crippen molar-refractivity contribution >= 4 is 11.3 Å². The Balaban J connectivity index is 1.43. The van der Waals surface area contributed by atoms with Gasteiger partial charge < -0.3 is 10.1 Å². The van der Waals surface area contributed by atoms with Crippen LogP contribution in [0.25, 0.3) is 10.4 Å². The van der Waals surface area contributed by atoms with Crippen molar-refractivity contribution in [1.82, 2.24) is 5.32 Å². The van der Waals surface area contributed by atoms with E-state index in [1.54, 1.807) is 17.4 Å². The van der Waals surface area contributed by atoms with Crippen LogP contribution >= 0.6 is 11.3 Å². The maximum atomic E-state index is 13.7. The molecular weight excluding hydrogens is 285 g/mol. The third kappa shape index (κ3) is 4.37. The minimum absolute atomic E-state index is 0.160. The Hall–Kier alpha value is -1.23. The second kappa shape index (κ2) is 7.16. The monoisotopic (exact) mass is 305 g/mol. The van der Waals surface area contributed by atoms with Gasteiger partial charge in [-0.05, 0) is 37.0 Å². The van der Waals surface area contributed by atoms with E-state index in [0.717, 1.165) is 37.1 Å². The SMILES string of the molecule is Fc1ccccc1-c1ccc(CNCCOCC2CC2)s1. The molecule has 21 heavy (non-hydrogen) atoms. The van der Waals surface area contributed by atoms with Crippen LogP contribution in [0.5, 0.6) is 0 Å². The highest BCUT2D eigenvalue weighted by Gasteiger charge is 2.20. The Kier molecular flexibility index (Phi) is 5.01. The summed E-state index contributed by atoms with van der Waals surface area (Å²) in [5.74, 6) is 0.665. The fraction of sp³-hybridized carbons (Fsp3) is 0.412. The highest BCUT2D eigenvalue weighted by atomic mass is 32.1. The molecule has 0 bridgehead atoms. The summed E-state index contributed by atoms with van der Waals surface area (Å²) in [6.07, 6.45) is 2.67. The molecule has 1 heterocycles. The molecule has 112 valence electrons. The predicted molar refractivity (Wildman–Crippen MR) is 85.0 cm³/mol. The van der Waals surface area contributed by atoms with E-state index in [2.05, 4.69) is 11.4 Å². The molecule has 1 fully saturated rings. The molecule has 3 rings (SSSR count). The topological polar surface area (TPSA) is 21.3 Å². The van der Waals surface area contributed by atoms with Gasteiger partial charge in [-0.15, -0.1) is 11.3 Å². The maximum Gasteiger partial charge on any atom is 0.131 e. The summed E-state index contributed by atoms with van der Waals surface area (Å²) in [6, 6.07) is 11.0. The molecule has 1 aliphatic rings. The number of rotatable bonds is 8. The predicted octanol–water partition coefficient (Wildman–Crippen LogP) is 4.07. The van der Waals surface area contributed by atoms with Gasteiger partial charge in [0.15, 0.2) is 0 Å². The number of benzene rings is 1. The Morgan fingerprint density at radius 3 is 2.86 bits per heavy atom. The zero-order valence-electron chi connectivity index (χ0n) is 12.0. The van der Waals surface area contributed by atoms with Gasteiger partial charge in [-0.3, -0.25) is 0 Å². The zero-order valence-corrected chi connectivity index (χ0v) is 12.8. The lowest BCUT2D eigenvalue weighted by atomic mass is 10.2. The summed E-state index contributed by atoms with van der Waals surface area (Å²) in [6.45, 7) is 3.35. The normalized spacial score (nSPS) is 14.5. The van der Waals surface area contributed by atoms with E-state index in [-0.39, 0.29) is 5.82 Å². The van der Waals surface area contributed by atoms with Gasteiger partial charge in [0.05, 0.1) is 6.61 Å². The number of hydrogen-bond acceptors (Lipinski definition) is 3. The highest BCUT2D eigenvalue weighted by Crippen LogP contribution is 2.30. The van der Waals surface area contributed by atoms with Crippen molar-refractivity contribution in [2.45, 2.75) is 19.4 Å². The summed E-state index contributed by atoms with van der Waals surface area (Å²) < 4.78 is 19.3. The van der Waals surface area contributed by atoms with Crippen molar-refractivity contribution in [3.63, 3.8) is 0 Å². The van der Waals surface area contributed by atoms with Crippen LogP contribution in [0.3, 0.4) is 0 Å². The molecule has 1 aromatic heterocycles. The second-order valence-electron chi connectivity index (χ2n) is 5.44. The summed E-state index contributed by atoms with van der Waals surface area (Å²) in [4.78, 5) is 2.20. The Bertz CT molecular complexity index is 580. The molecule has 1 saturated carbocycles. The van der Waals surface area contributed by atoms with Gasteiger partial charge in [-0.1, -0.05) is 18.2 Å². The van der Waals surface area contributed by atoms with Gasteiger partial charge in [0.25, 0.3) is 0 Å². The van der Waals surface area contributed by atoms with Crippen molar-refractivity contribution in [2.24, 2.45) is 5.92 Å². The number of halogens is 1. The first-order valence-electron chi connectivity index (χ1n) is 7.45. The third-order valence-electron chi connectivity index (χ3n) is 3.57. The maximum absolute atomic E-state index is 13.7. The molecule has 0 unspecified atom stereocenters. The van der Waals surface area contributed by atoms with Crippen LogP contribution in [0.2, 0.25) is 0 Å². The lowest BCUT2D eigenvalue weighted by molar-refractivity contribution is 0.126. The largest absolute Gasteiger partial charge is 0.380 e. The van der Waals surface area contributed by atoms with E-state index >= 15 is 0 Å². The molecule has 0 spiro atoms. The Labute approximate surface area is 129 Å². The Morgan fingerprint density at radius 1 is 1.19 bits per heavy atom. The van der Waals surface area contributed by atoms with Gasteiger partial charge in [0, 0.05) is 35.0 Å². The molecule has 0 amide bonds. The fourth-order valence-corrected chi connectivity index (χ4v) is 3.17. The van der Waals surface area contributed by atoms with Crippen LogP contribution in [0, 0.1) is 11.7 Å². The molecule has 0 saturated heterocycles. The van der Waals surface area contributed by atoms with Gasteiger partial charge >= 0.3 is 0 Å². The molecule has 2 nitrogen and oxygen atoms in total. The fourth-order valence-electron chi connectivity index (χ4n) is 2.17. The van der Waals surface area contributed by atoms with Crippen molar-refractivity contribution in [3.8, 4) is 10.4 Å². The minimum atomic E-state index is -0.160. The van der Waals surface area contributed by atoms with Crippen LogP contribution in [0.15, 0.2) is 36.4 Å². The second-order valence-corrected chi connectivity index (χ2v) is 6.61. The van der Waals surface area contributed by atoms with E-state index in [9.17, 15) is 4.39 Å². The summed E-state index contributed by atoms with van der Waals surface area (Å²) in [7, 11) is 0. The van der Waals surface area contributed by atoms with Crippen molar-refractivity contribution in [3.05, 3.63) is 47.1 Å². The van der Waals surface area contributed by atoms with Gasteiger partial charge in [-0.2, -0.15) is 0 Å². The van der Waals surface area contributed by atoms with Crippen LogP contribution < -0.4 is 5.32 Å². The van der Waals surface area contributed by atoms with E-state index in [1.165, 1.54) is 23.8 Å². The summed E-state index contributed by atoms with van der Waals surface area (Å²) >= 11 is 1.64. The molecule has 0 atom stereocenters. The van der Waals surface area contributed by atoms with Crippen LogP contribution in [0.1, 0.15) is 17.7 Å². The Morgan fingerprint density at radius 2 is 2.05 bits per heavy atom. The third-order valence-corrected chi connectivity index (χ3v) is 4.69. The first-order chi connectivity index (χ1) is 10.3. The molecular formula is C17H20FNOS. The van der Waals surface area contributed by atoms with Gasteiger partial charge in [-0.25, -0.2) is 4.39 Å². The number of nitrogens with one attached hydrogen (secondary N) is 1. The standard InChI is InChI=1S/C17H20FNOS/c18-16-4-2-1-3-15(16)17-8-7-14(21-17)11-19-9-10-20-12-13-5-6-13/h1-4,7-8,13,19H,5-6,9-12H2. The smallest absolute Gasteiger partial charge is 0.131 e. The highest BCUT2D eigenvalue weighted by molar-refractivity contribution is 7.15. The van der Waals surface area contributed by atoms with Gasteiger partial charge in [0.1, 0.15) is 5.82 Å². The lowest BCUT2D eigenvalue weighted by Gasteiger charge is -2.04. The van der Waals surface area contributed by atoms with Gasteiger partial charge in [0.2, 0.25) is 0 Å². The summed E-state index contributed by atoms with van der Waals surface area (Å²) in [5.41, 5.74) is 0.682.